The molecular weight excluding hydrogens is 232 g/mol. The summed E-state index contributed by atoms with van der Waals surface area (Å²) >= 11 is 0. The molecule has 94 valence electrons. The van der Waals surface area contributed by atoms with Crippen molar-refractivity contribution in [2.75, 3.05) is 13.1 Å². The molecule has 1 saturated heterocycles. The first-order chi connectivity index (χ1) is 7.49. The van der Waals surface area contributed by atoms with Gasteiger partial charge in [0.2, 0.25) is 0 Å². The summed E-state index contributed by atoms with van der Waals surface area (Å²) in [5.41, 5.74) is 0. The van der Waals surface area contributed by atoms with E-state index in [-0.39, 0.29) is 6.54 Å². The van der Waals surface area contributed by atoms with Crippen molar-refractivity contribution in [1.82, 2.24) is 9.03 Å². The Labute approximate surface area is 95.8 Å². The second-order valence-electron chi connectivity index (χ2n) is 3.86. The van der Waals surface area contributed by atoms with Crippen LogP contribution >= 0.6 is 0 Å². The van der Waals surface area contributed by atoms with Gasteiger partial charge in [0.15, 0.2) is 0 Å². The quantitative estimate of drug-likeness (QED) is 0.728. The Morgan fingerprint density at radius 3 is 2.75 bits per heavy atom. The number of nitrogens with one attached hydrogen (secondary N) is 1. The minimum Gasteiger partial charge on any atom is -0.480 e. The molecule has 0 aliphatic carbocycles. The van der Waals surface area contributed by atoms with Crippen LogP contribution in [0.1, 0.15) is 32.6 Å². The van der Waals surface area contributed by atoms with Crippen LogP contribution in [0.2, 0.25) is 0 Å². The lowest BCUT2D eigenvalue weighted by Gasteiger charge is -2.31. The van der Waals surface area contributed by atoms with Crippen LogP contribution in [0.4, 0.5) is 0 Å². The van der Waals surface area contributed by atoms with Crippen molar-refractivity contribution in [3.05, 3.63) is 0 Å². The molecule has 1 atom stereocenters. The van der Waals surface area contributed by atoms with Crippen LogP contribution in [-0.2, 0) is 15.0 Å². The van der Waals surface area contributed by atoms with Crippen LogP contribution in [0, 0.1) is 0 Å². The molecule has 7 heteroatoms. The summed E-state index contributed by atoms with van der Waals surface area (Å²) in [6, 6.07) is -0.914. The summed E-state index contributed by atoms with van der Waals surface area (Å²) in [6.45, 7) is 2.48. The lowest BCUT2D eigenvalue weighted by atomic mass is 10.1. The molecule has 1 aliphatic rings. The number of aliphatic carboxylic acids is 1. The van der Waals surface area contributed by atoms with Gasteiger partial charge in [-0.25, -0.2) is 4.72 Å². The Hall–Kier alpha value is -0.660. The fourth-order valence-electron chi connectivity index (χ4n) is 1.75. The first-order valence-corrected chi connectivity index (χ1v) is 6.92. The van der Waals surface area contributed by atoms with E-state index in [2.05, 4.69) is 4.72 Å². The molecule has 0 saturated carbocycles. The number of rotatable bonds is 5. The average Bonchev–Trinajstić information content (AvgIpc) is 2.26. The zero-order valence-corrected chi connectivity index (χ0v) is 10.2. The van der Waals surface area contributed by atoms with Gasteiger partial charge in [-0.1, -0.05) is 6.92 Å². The molecule has 0 aromatic carbocycles. The minimum absolute atomic E-state index is 0.288. The van der Waals surface area contributed by atoms with Crippen LogP contribution < -0.4 is 4.72 Å². The third-order valence-electron chi connectivity index (χ3n) is 2.58. The molecule has 0 bridgehead atoms. The topological polar surface area (TPSA) is 86.7 Å². The molecule has 0 aromatic rings. The SMILES string of the molecule is CCCNS(=O)(=O)N1CCCC[C@@H]1C(=O)O. The van der Waals surface area contributed by atoms with E-state index in [1.165, 1.54) is 0 Å². The van der Waals surface area contributed by atoms with Crippen LogP contribution in [0.5, 0.6) is 0 Å². The lowest BCUT2D eigenvalue weighted by molar-refractivity contribution is -0.142. The molecule has 0 radical (unpaired) electrons. The van der Waals surface area contributed by atoms with Crippen molar-refractivity contribution >= 4 is 16.2 Å². The van der Waals surface area contributed by atoms with Gasteiger partial charge in [-0.3, -0.25) is 4.79 Å². The maximum Gasteiger partial charge on any atom is 0.322 e. The van der Waals surface area contributed by atoms with E-state index >= 15 is 0 Å². The molecule has 6 nitrogen and oxygen atoms in total. The van der Waals surface area contributed by atoms with Gasteiger partial charge in [-0.15, -0.1) is 0 Å². The van der Waals surface area contributed by atoms with E-state index in [0.717, 1.165) is 17.1 Å². The van der Waals surface area contributed by atoms with Crippen LogP contribution in [-0.4, -0.2) is 42.9 Å². The van der Waals surface area contributed by atoms with Gasteiger partial charge >= 0.3 is 5.97 Å². The molecule has 1 fully saturated rings. The predicted molar refractivity (Wildman–Crippen MR) is 59.2 cm³/mol. The van der Waals surface area contributed by atoms with Crippen LogP contribution in [0.15, 0.2) is 0 Å². The highest BCUT2D eigenvalue weighted by atomic mass is 32.2. The number of carbonyl (C=O) groups is 1. The molecular formula is C9H18N2O4S. The second kappa shape index (κ2) is 5.60. The second-order valence-corrected chi connectivity index (χ2v) is 5.57. The Morgan fingerprint density at radius 2 is 2.19 bits per heavy atom. The van der Waals surface area contributed by atoms with E-state index in [9.17, 15) is 13.2 Å². The van der Waals surface area contributed by atoms with Crippen molar-refractivity contribution in [3.63, 3.8) is 0 Å². The van der Waals surface area contributed by atoms with Crippen molar-refractivity contribution in [2.24, 2.45) is 0 Å². The molecule has 1 heterocycles. The summed E-state index contributed by atoms with van der Waals surface area (Å²) in [6.07, 6.45) is 2.56. The molecule has 0 unspecified atom stereocenters. The standard InChI is InChI=1S/C9H18N2O4S/c1-2-6-10-16(14,15)11-7-4-3-5-8(11)9(12)13/h8,10H,2-7H2,1H3,(H,12,13)/t8-/m1/s1. The number of hydrogen-bond acceptors (Lipinski definition) is 3. The highest BCUT2D eigenvalue weighted by molar-refractivity contribution is 7.87. The van der Waals surface area contributed by atoms with Crippen molar-refractivity contribution < 1.29 is 18.3 Å². The average molecular weight is 250 g/mol. The molecule has 0 aromatic heterocycles. The smallest absolute Gasteiger partial charge is 0.322 e. The monoisotopic (exact) mass is 250 g/mol. The van der Waals surface area contributed by atoms with Gasteiger partial charge in [-0.05, 0) is 25.7 Å². The third-order valence-corrected chi connectivity index (χ3v) is 4.21. The first-order valence-electron chi connectivity index (χ1n) is 5.48. The van der Waals surface area contributed by atoms with Crippen molar-refractivity contribution in [2.45, 2.75) is 38.6 Å². The molecule has 1 aliphatic heterocycles. The first kappa shape index (κ1) is 13.4. The van der Waals surface area contributed by atoms with E-state index in [0.29, 0.717) is 19.4 Å². The number of carboxylic acid groups (broad SMARTS) is 1. The normalized spacial score (nSPS) is 23.2. The summed E-state index contributed by atoms with van der Waals surface area (Å²) in [5.74, 6) is -1.07. The van der Waals surface area contributed by atoms with Gasteiger partial charge < -0.3 is 5.11 Å². The van der Waals surface area contributed by atoms with E-state index in [4.69, 9.17) is 5.11 Å². The molecule has 0 spiro atoms. The lowest BCUT2D eigenvalue weighted by Crippen LogP contribution is -2.52. The molecule has 16 heavy (non-hydrogen) atoms. The minimum atomic E-state index is -3.64. The number of hydrogen-bond donors (Lipinski definition) is 2. The van der Waals surface area contributed by atoms with Crippen molar-refractivity contribution in [3.8, 4) is 0 Å². The third kappa shape index (κ3) is 3.16. The summed E-state index contributed by atoms with van der Waals surface area (Å²) < 4.78 is 27.1. The maximum absolute atomic E-state index is 11.8. The number of nitrogens with zero attached hydrogens (tertiary/aromatic N) is 1. The molecule has 0 amide bonds. The van der Waals surface area contributed by atoms with Gasteiger partial charge in [0.1, 0.15) is 6.04 Å². The van der Waals surface area contributed by atoms with Crippen LogP contribution in [0.3, 0.4) is 0 Å². The zero-order chi connectivity index (χ0) is 12.2. The Bertz CT molecular complexity index is 341. The maximum atomic E-state index is 11.8. The summed E-state index contributed by atoms with van der Waals surface area (Å²) in [4.78, 5) is 11.0. The fourth-order valence-corrected chi connectivity index (χ4v) is 3.28. The van der Waals surface area contributed by atoms with E-state index in [1.807, 2.05) is 6.92 Å². The number of carboxylic acids is 1. The fraction of sp³-hybridized carbons (Fsp3) is 0.889. The Kier molecular flexibility index (Phi) is 4.69. The highest BCUT2D eigenvalue weighted by Crippen LogP contribution is 2.19. The number of piperidine rings is 1. The van der Waals surface area contributed by atoms with Gasteiger partial charge in [0, 0.05) is 13.1 Å². The largest absolute Gasteiger partial charge is 0.480 e. The van der Waals surface area contributed by atoms with E-state index < -0.39 is 22.2 Å². The zero-order valence-electron chi connectivity index (χ0n) is 9.35. The molecule has 2 N–H and O–H groups in total. The van der Waals surface area contributed by atoms with Gasteiger partial charge in [-0.2, -0.15) is 12.7 Å². The van der Waals surface area contributed by atoms with Gasteiger partial charge in [0.05, 0.1) is 0 Å². The molecule has 1 rings (SSSR count). The summed E-state index contributed by atoms with van der Waals surface area (Å²) in [7, 11) is -3.64. The Balaban J connectivity index is 2.78. The highest BCUT2D eigenvalue weighted by Gasteiger charge is 2.36. The summed E-state index contributed by atoms with van der Waals surface area (Å²) in [5, 5.41) is 8.96. The Morgan fingerprint density at radius 1 is 1.50 bits per heavy atom. The van der Waals surface area contributed by atoms with Crippen LogP contribution in [0.25, 0.3) is 0 Å². The van der Waals surface area contributed by atoms with Crippen molar-refractivity contribution in [1.29, 1.82) is 0 Å². The van der Waals surface area contributed by atoms with E-state index in [1.54, 1.807) is 0 Å². The predicted octanol–water partition coefficient (Wildman–Crippen LogP) is 0.170. The van der Waals surface area contributed by atoms with Gasteiger partial charge in [0.25, 0.3) is 10.2 Å².